The summed E-state index contributed by atoms with van der Waals surface area (Å²) in [5.41, 5.74) is 5.89. The Hall–Kier alpha value is -2.34. The van der Waals surface area contributed by atoms with Crippen LogP contribution in [0.25, 0.3) is 0 Å². The van der Waals surface area contributed by atoms with Gasteiger partial charge in [-0.2, -0.15) is 11.8 Å². The second-order valence-electron chi connectivity index (χ2n) is 9.10. The zero-order valence-corrected chi connectivity index (χ0v) is 21.4. The fourth-order valence-corrected chi connectivity index (χ4v) is 3.62. The Bertz CT molecular complexity index is 703. The zero-order chi connectivity index (χ0) is 26.4. The summed E-state index contributed by atoms with van der Waals surface area (Å²) in [5, 5.41) is 25.9. The van der Waals surface area contributed by atoms with Gasteiger partial charge in [0, 0.05) is 6.42 Å². The normalized spacial score (nSPS) is 14.7. The van der Waals surface area contributed by atoms with Gasteiger partial charge in [-0.3, -0.25) is 19.2 Å². The Morgan fingerprint density at radius 1 is 0.765 bits per heavy atom. The van der Waals surface area contributed by atoms with E-state index in [1.54, 1.807) is 13.8 Å². The van der Waals surface area contributed by atoms with E-state index < -0.39 is 60.2 Å². The lowest BCUT2D eigenvalue weighted by molar-refractivity contribution is -0.143. The van der Waals surface area contributed by atoms with Gasteiger partial charge in [0.05, 0.1) is 6.04 Å². The Morgan fingerprint density at radius 3 is 1.71 bits per heavy atom. The smallest absolute Gasteiger partial charge is 0.326 e. The van der Waals surface area contributed by atoms with Gasteiger partial charge >= 0.3 is 11.9 Å². The molecule has 4 unspecified atom stereocenters. The molecule has 0 saturated heterocycles. The number of hydrogen-bond donors (Lipinski definition) is 6. The SMILES string of the molecule is CSCCC(N)C(=O)NC(CC(C)C)C(=O)NC(CCC(=O)O)C(=O)NC(CC(C)C)C(=O)O. The highest BCUT2D eigenvalue weighted by Gasteiger charge is 2.31. The molecule has 0 aromatic rings. The number of hydrogen-bond acceptors (Lipinski definition) is 7. The monoisotopic (exact) mass is 504 g/mol. The van der Waals surface area contributed by atoms with Crippen molar-refractivity contribution in [3.63, 3.8) is 0 Å². The molecule has 0 aliphatic heterocycles. The van der Waals surface area contributed by atoms with Crippen LogP contribution in [0.2, 0.25) is 0 Å². The highest BCUT2D eigenvalue weighted by molar-refractivity contribution is 7.98. The summed E-state index contributed by atoms with van der Waals surface area (Å²) in [6.07, 6.45) is 2.10. The molecule has 7 N–H and O–H groups in total. The van der Waals surface area contributed by atoms with E-state index in [0.29, 0.717) is 12.2 Å². The average molecular weight is 505 g/mol. The summed E-state index contributed by atoms with van der Waals surface area (Å²) in [4.78, 5) is 60.8. The van der Waals surface area contributed by atoms with Crippen LogP contribution in [0.3, 0.4) is 0 Å². The highest BCUT2D eigenvalue weighted by atomic mass is 32.2. The lowest BCUT2D eigenvalue weighted by atomic mass is 10.0. The molecule has 34 heavy (non-hydrogen) atoms. The van der Waals surface area contributed by atoms with E-state index in [1.165, 1.54) is 11.8 Å². The molecule has 0 heterocycles. The minimum atomic E-state index is -1.28. The van der Waals surface area contributed by atoms with Crippen molar-refractivity contribution >= 4 is 41.4 Å². The molecule has 0 rings (SSSR count). The number of nitrogens with two attached hydrogens (primary N) is 1. The van der Waals surface area contributed by atoms with Crippen LogP contribution in [0.15, 0.2) is 0 Å². The number of carboxylic acid groups (broad SMARTS) is 2. The standard InChI is InChI=1S/C22H40N4O7S/c1-12(2)10-16(25-19(29)14(23)8-9-34-5)21(31)24-15(6-7-18(27)28)20(30)26-17(22(32)33)11-13(3)4/h12-17H,6-11,23H2,1-5H3,(H,24,31)(H,25,29)(H,26,30)(H,27,28)(H,32,33). The van der Waals surface area contributed by atoms with Crippen LogP contribution in [-0.2, 0) is 24.0 Å². The van der Waals surface area contributed by atoms with Crippen molar-refractivity contribution in [1.29, 1.82) is 0 Å². The first kappa shape index (κ1) is 31.7. The lowest BCUT2D eigenvalue weighted by Gasteiger charge is -2.26. The molecule has 0 fully saturated rings. The third kappa shape index (κ3) is 13.4. The summed E-state index contributed by atoms with van der Waals surface area (Å²) in [5.74, 6) is -3.68. The third-order valence-electron chi connectivity index (χ3n) is 4.91. The Kier molecular flexibility index (Phi) is 15.2. The second-order valence-corrected chi connectivity index (χ2v) is 10.1. The quantitative estimate of drug-likeness (QED) is 0.164. The molecule has 0 aliphatic rings. The molecule has 4 atom stereocenters. The number of carbonyl (C=O) groups is 5. The molecule has 0 aliphatic carbocycles. The van der Waals surface area contributed by atoms with Gasteiger partial charge in [-0.1, -0.05) is 27.7 Å². The first-order valence-corrected chi connectivity index (χ1v) is 12.8. The topological polar surface area (TPSA) is 188 Å². The average Bonchev–Trinajstić information content (AvgIpc) is 2.72. The molecule has 3 amide bonds. The van der Waals surface area contributed by atoms with Crippen molar-refractivity contribution in [3.05, 3.63) is 0 Å². The van der Waals surface area contributed by atoms with Crippen molar-refractivity contribution in [2.75, 3.05) is 12.0 Å². The van der Waals surface area contributed by atoms with Crippen molar-refractivity contribution in [1.82, 2.24) is 16.0 Å². The molecule has 0 radical (unpaired) electrons. The number of thioether (sulfide) groups is 1. The van der Waals surface area contributed by atoms with Gasteiger partial charge in [0.2, 0.25) is 17.7 Å². The van der Waals surface area contributed by atoms with Crippen molar-refractivity contribution < 1.29 is 34.2 Å². The Balaban J connectivity index is 5.53. The van der Waals surface area contributed by atoms with E-state index in [9.17, 15) is 29.1 Å². The van der Waals surface area contributed by atoms with E-state index in [2.05, 4.69) is 16.0 Å². The predicted molar refractivity (Wildman–Crippen MR) is 130 cm³/mol. The maximum absolute atomic E-state index is 13.0. The van der Waals surface area contributed by atoms with Gasteiger partial charge in [0.1, 0.15) is 18.1 Å². The minimum Gasteiger partial charge on any atom is -0.481 e. The van der Waals surface area contributed by atoms with E-state index >= 15 is 0 Å². The maximum Gasteiger partial charge on any atom is 0.326 e. The maximum atomic E-state index is 13.0. The summed E-state index contributed by atoms with van der Waals surface area (Å²) >= 11 is 1.54. The summed E-state index contributed by atoms with van der Waals surface area (Å²) in [6, 6.07) is -4.25. The van der Waals surface area contributed by atoms with Crippen molar-refractivity contribution in [2.45, 2.75) is 84.0 Å². The molecule has 0 aromatic heterocycles. The van der Waals surface area contributed by atoms with Gasteiger partial charge in [0.25, 0.3) is 0 Å². The zero-order valence-electron chi connectivity index (χ0n) is 20.6. The Labute approximate surface area is 205 Å². The molecular formula is C22H40N4O7S. The summed E-state index contributed by atoms with van der Waals surface area (Å²) in [6.45, 7) is 7.32. The molecular weight excluding hydrogens is 464 g/mol. The predicted octanol–water partition coefficient (Wildman–Crippen LogP) is 0.563. The fourth-order valence-electron chi connectivity index (χ4n) is 3.13. The van der Waals surface area contributed by atoms with Gasteiger partial charge in [0.15, 0.2) is 0 Å². The molecule has 196 valence electrons. The summed E-state index contributed by atoms with van der Waals surface area (Å²) in [7, 11) is 0. The van der Waals surface area contributed by atoms with Gasteiger partial charge in [-0.25, -0.2) is 4.79 Å². The molecule has 0 aromatic carbocycles. The Morgan fingerprint density at radius 2 is 1.24 bits per heavy atom. The third-order valence-corrected chi connectivity index (χ3v) is 5.56. The number of rotatable bonds is 17. The number of nitrogens with one attached hydrogen (secondary N) is 3. The minimum absolute atomic E-state index is 0.0191. The van der Waals surface area contributed by atoms with E-state index in [-0.39, 0.29) is 31.1 Å². The van der Waals surface area contributed by atoms with Gasteiger partial charge in [-0.15, -0.1) is 0 Å². The highest BCUT2D eigenvalue weighted by Crippen LogP contribution is 2.10. The van der Waals surface area contributed by atoms with Crippen LogP contribution < -0.4 is 21.7 Å². The second kappa shape index (κ2) is 16.3. The number of amides is 3. The largest absolute Gasteiger partial charge is 0.481 e. The molecule has 0 bridgehead atoms. The van der Waals surface area contributed by atoms with Crippen LogP contribution in [0, 0.1) is 11.8 Å². The number of carbonyl (C=O) groups excluding carboxylic acids is 3. The van der Waals surface area contributed by atoms with Crippen LogP contribution in [-0.4, -0.2) is 76.0 Å². The number of aliphatic carboxylic acids is 2. The molecule has 0 saturated carbocycles. The fraction of sp³-hybridized carbons (Fsp3) is 0.773. The summed E-state index contributed by atoms with van der Waals surface area (Å²) < 4.78 is 0. The molecule has 0 spiro atoms. The number of carboxylic acids is 2. The van der Waals surface area contributed by atoms with Gasteiger partial charge < -0.3 is 31.9 Å². The van der Waals surface area contributed by atoms with Crippen LogP contribution in [0.4, 0.5) is 0 Å². The van der Waals surface area contributed by atoms with E-state index in [1.807, 2.05) is 20.1 Å². The van der Waals surface area contributed by atoms with E-state index in [0.717, 1.165) is 0 Å². The van der Waals surface area contributed by atoms with Crippen molar-refractivity contribution in [2.24, 2.45) is 17.6 Å². The van der Waals surface area contributed by atoms with Gasteiger partial charge in [-0.05, 0) is 49.5 Å². The van der Waals surface area contributed by atoms with E-state index in [4.69, 9.17) is 10.8 Å². The van der Waals surface area contributed by atoms with Crippen molar-refractivity contribution in [3.8, 4) is 0 Å². The first-order chi connectivity index (χ1) is 15.8. The lowest BCUT2D eigenvalue weighted by Crippen LogP contribution is -2.57. The van der Waals surface area contributed by atoms with Crippen LogP contribution in [0.5, 0.6) is 0 Å². The first-order valence-electron chi connectivity index (χ1n) is 11.4. The molecule has 12 heteroatoms. The van der Waals surface area contributed by atoms with Crippen LogP contribution >= 0.6 is 11.8 Å². The van der Waals surface area contributed by atoms with Crippen LogP contribution in [0.1, 0.15) is 59.8 Å². The molecule has 11 nitrogen and oxygen atoms in total.